The van der Waals surface area contributed by atoms with Crippen LogP contribution in [0.5, 0.6) is 0 Å². The Hall–Kier alpha value is -1.72. The van der Waals surface area contributed by atoms with E-state index in [1.54, 1.807) is 0 Å². The number of nitrogens with one attached hydrogen (secondary N) is 1. The van der Waals surface area contributed by atoms with Gasteiger partial charge in [-0.05, 0) is 31.7 Å². The van der Waals surface area contributed by atoms with Crippen LogP contribution in [0.4, 0.5) is 0 Å². The maximum absolute atomic E-state index is 6.21. The zero-order valence-electron chi connectivity index (χ0n) is 14.9. The molecule has 1 N–H and O–H groups in total. The van der Waals surface area contributed by atoms with Crippen molar-refractivity contribution in [3.8, 4) is 0 Å². The number of benzene rings is 1. The van der Waals surface area contributed by atoms with Gasteiger partial charge in [0, 0.05) is 12.6 Å². The third-order valence-corrected chi connectivity index (χ3v) is 4.95. The predicted octanol–water partition coefficient (Wildman–Crippen LogP) is 3.63. The normalized spacial score (nSPS) is 21.7. The summed E-state index contributed by atoms with van der Waals surface area (Å²) in [5, 5.41) is 7.40. The molecule has 0 unspecified atom stereocenters. The maximum atomic E-state index is 6.21. The smallest absolute Gasteiger partial charge is 0.167 e. The summed E-state index contributed by atoms with van der Waals surface area (Å²) in [6.07, 6.45) is 3.47. The van der Waals surface area contributed by atoms with Crippen molar-refractivity contribution in [2.75, 3.05) is 6.54 Å². The Bertz CT molecular complexity index is 623. The van der Waals surface area contributed by atoms with Gasteiger partial charge < -0.3 is 4.74 Å². The van der Waals surface area contributed by atoms with Gasteiger partial charge in [-0.15, -0.1) is 0 Å². The summed E-state index contributed by atoms with van der Waals surface area (Å²) in [6.45, 7) is 8.09. The van der Waals surface area contributed by atoms with Crippen molar-refractivity contribution in [2.24, 2.45) is 0 Å². The second kappa shape index (κ2) is 7.90. The molecule has 1 aromatic carbocycles. The molecule has 24 heavy (non-hydrogen) atoms. The van der Waals surface area contributed by atoms with Gasteiger partial charge in [-0.1, -0.05) is 44.2 Å². The molecule has 3 rings (SSSR count). The molecule has 1 fully saturated rings. The van der Waals surface area contributed by atoms with E-state index in [4.69, 9.17) is 4.74 Å². The third-order valence-electron chi connectivity index (χ3n) is 4.95. The molecule has 1 aliphatic rings. The second-order valence-corrected chi connectivity index (χ2v) is 6.62. The zero-order valence-corrected chi connectivity index (χ0v) is 14.9. The number of likely N-dealkylation sites (tertiary alicyclic amines) is 1. The lowest BCUT2D eigenvalue weighted by Gasteiger charge is -2.30. The summed E-state index contributed by atoms with van der Waals surface area (Å²) in [5.41, 5.74) is 1.23. The van der Waals surface area contributed by atoms with E-state index in [-0.39, 0.29) is 12.1 Å². The summed E-state index contributed by atoms with van der Waals surface area (Å²) < 4.78 is 6.21. The summed E-state index contributed by atoms with van der Waals surface area (Å²) in [5.74, 6) is 1.79. The minimum Gasteiger partial charge on any atom is -0.372 e. The van der Waals surface area contributed by atoms with Crippen LogP contribution < -0.4 is 0 Å². The van der Waals surface area contributed by atoms with Gasteiger partial charge in [0.2, 0.25) is 0 Å². The van der Waals surface area contributed by atoms with Crippen molar-refractivity contribution in [1.82, 2.24) is 20.1 Å². The molecule has 0 spiro atoms. The number of aromatic amines is 1. The average Bonchev–Trinajstić information content (AvgIpc) is 3.22. The number of aromatic nitrogens is 3. The Morgan fingerprint density at radius 3 is 2.62 bits per heavy atom. The fraction of sp³-hybridized carbons (Fsp3) is 0.579. The molecule has 2 heterocycles. The van der Waals surface area contributed by atoms with Gasteiger partial charge in [-0.3, -0.25) is 10.00 Å². The summed E-state index contributed by atoms with van der Waals surface area (Å²) in [7, 11) is 0. The SMILES string of the molecule is CCC(CC)N1C[C@@H](OCc2ccccc2)C[C@H]1c1n[nH]c(C)n1. The molecular weight excluding hydrogens is 300 g/mol. The first-order valence-corrected chi connectivity index (χ1v) is 9.01. The van der Waals surface area contributed by atoms with E-state index in [1.807, 2.05) is 13.0 Å². The van der Waals surface area contributed by atoms with E-state index < -0.39 is 0 Å². The van der Waals surface area contributed by atoms with E-state index in [2.05, 4.69) is 58.2 Å². The van der Waals surface area contributed by atoms with Crippen LogP contribution in [-0.4, -0.2) is 38.8 Å². The van der Waals surface area contributed by atoms with Crippen molar-refractivity contribution < 1.29 is 4.74 Å². The maximum Gasteiger partial charge on any atom is 0.167 e. The van der Waals surface area contributed by atoms with Crippen LogP contribution in [0.1, 0.15) is 56.4 Å². The van der Waals surface area contributed by atoms with E-state index >= 15 is 0 Å². The number of H-pyrrole nitrogens is 1. The highest BCUT2D eigenvalue weighted by atomic mass is 16.5. The molecular formula is C19H28N4O. The highest BCUT2D eigenvalue weighted by molar-refractivity contribution is 5.13. The average molecular weight is 328 g/mol. The lowest BCUT2D eigenvalue weighted by atomic mass is 10.1. The Morgan fingerprint density at radius 1 is 1.25 bits per heavy atom. The van der Waals surface area contributed by atoms with E-state index in [0.29, 0.717) is 12.6 Å². The van der Waals surface area contributed by atoms with Gasteiger partial charge in [-0.25, -0.2) is 4.98 Å². The van der Waals surface area contributed by atoms with Gasteiger partial charge in [0.25, 0.3) is 0 Å². The molecule has 1 aliphatic heterocycles. The highest BCUT2D eigenvalue weighted by Gasteiger charge is 2.38. The van der Waals surface area contributed by atoms with Crippen LogP contribution in [-0.2, 0) is 11.3 Å². The van der Waals surface area contributed by atoms with Crippen molar-refractivity contribution in [2.45, 2.75) is 64.8 Å². The summed E-state index contributed by atoms with van der Waals surface area (Å²) in [4.78, 5) is 7.12. The van der Waals surface area contributed by atoms with E-state index in [0.717, 1.165) is 37.5 Å². The van der Waals surface area contributed by atoms with Crippen LogP contribution in [0.3, 0.4) is 0 Å². The molecule has 5 heteroatoms. The standard InChI is InChI=1S/C19H28N4O/c1-4-16(5-2)23-12-17(24-13-15-9-7-6-8-10-15)11-18(23)19-20-14(3)21-22-19/h6-10,16-18H,4-5,11-13H2,1-3H3,(H,20,21,22)/t17-,18-/m0/s1. The quantitative estimate of drug-likeness (QED) is 0.843. The second-order valence-electron chi connectivity index (χ2n) is 6.62. The van der Waals surface area contributed by atoms with Crippen LogP contribution in [0.25, 0.3) is 0 Å². The Morgan fingerprint density at radius 2 is 2.00 bits per heavy atom. The molecule has 2 aromatic rings. The topological polar surface area (TPSA) is 54.0 Å². The van der Waals surface area contributed by atoms with Gasteiger partial charge >= 0.3 is 0 Å². The molecule has 5 nitrogen and oxygen atoms in total. The van der Waals surface area contributed by atoms with Crippen molar-refractivity contribution in [3.05, 3.63) is 47.5 Å². The van der Waals surface area contributed by atoms with E-state index in [9.17, 15) is 0 Å². The molecule has 0 aliphatic carbocycles. The minimum absolute atomic E-state index is 0.231. The Labute approximate surface area is 144 Å². The molecule has 0 saturated carbocycles. The molecule has 1 aromatic heterocycles. The van der Waals surface area contributed by atoms with Crippen molar-refractivity contribution in [1.29, 1.82) is 0 Å². The molecule has 0 amide bonds. The number of hydrogen-bond acceptors (Lipinski definition) is 4. The van der Waals surface area contributed by atoms with Crippen LogP contribution in [0.15, 0.2) is 30.3 Å². The molecule has 2 atom stereocenters. The highest BCUT2D eigenvalue weighted by Crippen LogP contribution is 2.35. The minimum atomic E-state index is 0.231. The molecule has 1 saturated heterocycles. The lowest BCUT2D eigenvalue weighted by molar-refractivity contribution is 0.0425. The van der Waals surface area contributed by atoms with Crippen molar-refractivity contribution in [3.63, 3.8) is 0 Å². The molecule has 0 bridgehead atoms. The molecule has 0 radical (unpaired) electrons. The first-order valence-electron chi connectivity index (χ1n) is 9.01. The van der Waals surface area contributed by atoms with Gasteiger partial charge in [-0.2, -0.15) is 5.10 Å². The number of aryl methyl sites for hydroxylation is 1. The lowest BCUT2D eigenvalue weighted by Crippen LogP contribution is -2.35. The summed E-state index contributed by atoms with van der Waals surface area (Å²) >= 11 is 0. The largest absolute Gasteiger partial charge is 0.372 e. The molecule has 130 valence electrons. The monoisotopic (exact) mass is 328 g/mol. The fourth-order valence-corrected chi connectivity index (χ4v) is 3.65. The number of rotatable bonds is 7. The Kier molecular flexibility index (Phi) is 5.63. The van der Waals surface area contributed by atoms with Crippen LogP contribution in [0, 0.1) is 6.92 Å². The van der Waals surface area contributed by atoms with E-state index in [1.165, 1.54) is 5.56 Å². The number of ether oxygens (including phenoxy) is 1. The van der Waals surface area contributed by atoms with Crippen LogP contribution in [0.2, 0.25) is 0 Å². The van der Waals surface area contributed by atoms with Gasteiger partial charge in [0.15, 0.2) is 5.82 Å². The summed E-state index contributed by atoms with van der Waals surface area (Å²) in [6, 6.07) is 11.2. The first-order chi connectivity index (χ1) is 11.7. The van der Waals surface area contributed by atoms with Gasteiger partial charge in [0.05, 0.1) is 18.8 Å². The van der Waals surface area contributed by atoms with Gasteiger partial charge in [0.1, 0.15) is 5.82 Å². The zero-order chi connectivity index (χ0) is 16.9. The van der Waals surface area contributed by atoms with Crippen LogP contribution >= 0.6 is 0 Å². The first kappa shape index (κ1) is 17.1. The fourth-order valence-electron chi connectivity index (χ4n) is 3.65. The predicted molar refractivity (Wildman–Crippen MR) is 94.6 cm³/mol. The number of nitrogens with zero attached hydrogens (tertiary/aromatic N) is 3. The Balaban J connectivity index is 1.69. The van der Waals surface area contributed by atoms with Crippen molar-refractivity contribution >= 4 is 0 Å². The number of hydrogen-bond donors (Lipinski definition) is 1. The third kappa shape index (κ3) is 3.84.